The summed E-state index contributed by atoms with van der Waals surface area (Å²) in [5, 5.41) is 0.288. The molecule has 0 unspecified atom stereocenters. The first-order chi connectivity index (χ1) is 15.5. The number of methoxy groups -OCH3 is 1. The normalized spacial score (nSPS) is 10.8. The first-order valence-corrected chi connectivity index (χ1v) is 10.2. The zero-order chi connectivity index (χ0) is 22.5. The summed E-state index contributed by atoms with van der Waals surface area (Å²) < 4.78 is 45.8. The summed E-state index contributed by atoms with van der Waals surface area (Å²) in [6.45, 7) is 0.732. The van der Waals surface area contributed by atoms with Gasteiger partial charge < -0.3 is 4.74 Å². The van der Waals surface area contributed by atoms with Crippen molar-refractivity contribution >= 4 is 10.8 Å². The third-order valence-electron chi connectivity index (χ3n) is 5.14. The number of fused-ring (bicyclic) bond motifs is 1. The molecular weight excluding hydrogens is 411 g/mol. The van der Waals surface area contributed by atoms with Gasteiger partial charge in [0.25, 0.3) is 0 Å². The zero-order valence-corrected chi connectivity index (χ0v) is 17.5. The third kappa shape index (κ3) is 4.82. The molecular formula is C27H20F3NO. The van der Waals surface area contributed by atoms with E-state index in [2.05, 4.69) is 22.9 Å². The second-order valence-corrected chi connectivity index (χ2v) is 7.40. The van der Waals surface area contributed by atoms with Gasteiger partial charge in [0, 0.05) is 42.0 Å². The molecule has 0 spiro atoms. The molecule has 0 amide bonds. The maximum absolute atomic E-state index is 13.8. The van der Waals surface area contributed by atoms with Crippen molar-refractivity contribution in [2.24, 2.45) is 0 Å². The highest BCUT2D eigenvalue weighted by Gasteiger charge is 2.13. The Labute approximate surface area is 184 Å². The largest absolute Gasteiger partial charge is 0.385 e. The van der Waals surface area contributed by atoms with Crippen LogP contribution in [0, 0.1) is 29.3 Å². The zero-order valence-electron chi connectivity index (χ0n) is 17.5. The van der Waals surface area contributed by atoms with Crippen LogP contribution in [-0.2, 0) is 11.2 Å². The number of nitrogens with zero attached hydrogens (tertiary/aromatic N) is 1. The number of ether oxygens (including phenoxy) is 1. The monoisotopic (exact) mass is 431 g/mol. The number of aryl methyl sites for hydroxylation is 1. The second kappa shape index (κ2) is 9.67. The SMILES string of the molecule is COCCCc1ccc(-c2ccc(C#Cc3ccc4c(F)c(F)c(F)cc4c3)cc2)nc1. The van der Waals surface area contributed by atoms with E-state index in [1.165, 1.54) is 11.6 Å². The molecule has 1 aromatic heterocycles. The number of pyridine rings is 1. The van der Waals surface area contributed by atoms with Gasteiger partial charge in [-0.2, -0.15) is 0 Å². The van der Waals surface area contributed by atoms with Crippen LogP contribution in [-0.4, -0.2) is 18.7 Å². The van der Waals surface area contributed by atoms with Crippen molar-refractivity contribution in [1.29, 1.82) is 0 Å². The van der Waals surface area contributed by atoms with Crippen molar-refractivity contribution in [3.05, 3.63) is 101 Å². The summed E-state index contributed by atoms with van der Waals surface area (Å²) in [6, 6.07) is 17.3. The smallest absolute Gasteiger partial charge is 0.195 e. The van der Waals surface area contributed by atoms with Gasteiger partial charge in [0.05, 0.1) is 5.69 Å². The van der Waals surface area contributed by atoms with Crippen molar-refractivity contribution in [3.63, 3.8) is 0 Å². The number of aromatic nitrogens is 1. The van der Waals surface area contributed by atoms with E-state index < -0.39 is 17.5 Å². The minimum absolute atomic E-state index is 0.0241. The Morgan fingerprint density at radius 1 is 0.844 bits per heavy atom. The molecule has 0 atom stereocenters. The standard InChI is InChI=1S/C27H20F3NO/c1-32-14-2-3-20-9-13-25(31-17-20)21-10-6-18(7-11-21)4-5-19-8-12-23-22(15-19)16-24(28)27(30)26(23)29/h6-13,15-17H,2-3,14H2,1H3. The molecule has 0 N–H and O–H groups in total. The Morgan fingerprint density at radius 2 is 1.59 bits per heavy atom. The molecule has 160 valence electrons. The van der Waals surface area contributed by atoms with Gasteiger partial charge in [0.15, 0.2) is 17.5 Å². The Bertz CT molecular complexity index is 1300. The fourth-order valence-corrected chi connectivity index (χ4v) is 3.42. The lowest BCUT2D eigenvalue weighted by atomic mass is 10.0. The van der Waals surface area contributed by atoms with Crippen molar-refractivity contribution in [3.8, 4) is 23.1 Å². The summed E-state index contributed by atoms with van der Waals surface area (Å²) in [7, 11) is 1.70. The van der Waals surface area contributed by atoms with E-state index in [1.807, 2.05) is 36.5 Å². The van der Waals surface area contributed by atoms with Gasteiger partial charge in [-0.1, -0.05) is 36.1 Å². The van der Waals surface area contributed by atoms with E-state index in [0.717, 1.165) is 42.3 Å². The van der Waals surface area contributed by atoms with Gasteiger partial charge in [-0.25, -0.2) is 13.2 Å². The molecule has 0 saturated carbocycles. The predicted octanol–water partition coefficient (Wildman–Crippen LogP) is 6.30. The molecule has 1 heterocycles. The maximum Gasteiger partial charge on any atom is 0.195 e. The van der Waals surface area contributed by atoms with Crippen molar-refractivity contribution in [1.82, 2.24) is 4.98 Å². The first kappa shape index (κ1) is 21.6. The van der Waals surface area contributed by atoms with Crippen LogP contribution >= 0.6 is 0 Å². The van der Waals surface area contributed by atoms with E-state index in [-0.39, 0.29) is 10.8 Å². The van der Waals surface area contributed by atoms with Crippen LogP contribution in [0.1, 0.15) is 23.1 Å². The molecule has 32 heavy (non-hydrogen) atoms. The highest BCUT2D eigenvalue weighted by Crippen LogP contribution is 2.24. The second-order valence-electron chi connectivity index (χ2n) is 7.40. The molecule has 4 aromatic rings. The fraction of sp³-hybridized carbons (Fsp3) is 0.148. The molecule has 2 nitrogen and oxygen atoms in total. The third-order valence-corrected chi connectivity index (χ3v) is 5.14. The van der Waals surface area contributed by atoms with Gasteiger partial charge in [0.1, 0.15) is 0 Å². The lowest BCUT2D eigenvalue weighted by Gasteiger charge is -2.04. The van der Waals surface area contributed by atoms with E-state index >= 15 is 0 Å². The highest BCUT2D eigenvalue weighted by molar-refractivity contribution is 5.84. The number of rotatable bonds is 5. The van der Waals surface area contributed by atoms with Crippen LogP contribution in [0.15, 0.2) is 66.9 Å². The molecule has 0 fully saturated rings. The lowest BCUT2D eigenvalue weighted by molar-refractivity contribution is 0.195. The number of benzene rings is 3. The van der Waals surface area contributed by atoms with Crippen LogP contribution in [0.4, 0.5) is 13.2 Å². The summed E-state index contributed by atoms with van der Waals surface area (Å²) in [4.78, 5) is 4.54. The summed E-state index contributed by atoms with van der Waals surface area (Å²) >= 11 is 0. The maximum atomic E-state index is 13.8. The lowest BCUT2D eigenvalue weighted by Crippen LogP contribution is -1.94. The first-order valence-electron chi connectivity index (χ1n) is 10.2. The van der Waals surface area contributed by atoms with Crippen LogP contribution in [0.25, 0.3) is 22.0 Å². The minimum atomic E-state index is -1.47. The van der Waals surface area contributed by atoms with Gasteiger partial charge in [-0.05, 0) is 60.2 Å². The molecule has 0 saturated heterocycles. The Balaban J connectivity index is 1.49. The van der Waals surface area contributed by atoms with E-state index in [1.54, 1.807) is 19.2 Å². The van der Waals surface area contributed by atoms with E-state index in [0.29, 0.717) is 5.56 Å². The van der Waals surface area contributed by atoms with Crippen molar-refractivity contribution in [2.45, 2.75) is 12.8 Å². The molecule has 0 aliphatic carbocycles. The molecule has 0 aliphatic rings. The van der Waals surface area contributed by atoms with Crippen molar-refractivity contribution in [2.75, 3.05) is 13.7 Å². The molecule has 0 radical (unpaired) electrons. The van der Waals surface area contributed by atoms with Crippen LogP contribution in [0.5, 0.6) is 0 Å². The summed E-state index contributed by atoms with van der Waals surface area (Å²) in [6.07, 6.45) is 3.78. The van der Waals surface area contributed by atoms with Gasteiger partial charge in [-0.3, -0.25) is 4.98 Å². The Morgan fingerprint density at radius 3 is 2.31 bits per heavy atom. The van der Waals surface area contributed by atoms with E-state index in [4.69, 9.17) is 4.74 Å². The molecule has 0 bridgehead atoms. The minimum Gasteiger partial charge on any atom is -0.385 e. The molecule has 5 heteroatoms. The summed E-state index contributed by atoms with van der Waals surface area (Å²) in [5.41, 5.74) is 4.41. The number of hydrogen-bond donors (Lipinski definition) is 0. The quantitative estimate of drug-likeness (QED) is 0.210. The predicted molar refractivity (Wildman–Crippen MR) is 120 cm³/mol. The number of hydrogen-bond acceptors (Lipinski definition) is 2. The highest BCUT2D eigenvalue weighted by atomic mass is 19.2. The van der Waals surface area contributed by atoms with Gasteiger partial charge in [0.2, 0.25) is 0 Å². The topological polar surface area (TPSA) is 22.1 Å². The number of halogens is 3. The van der Waals surface area contributed by atoms with Crippen LogP contribution in [0.2, 0.25) is 0 Å². The molecule has 4 rings (SSSR count). The van der Waals surface area contributed by atoms with E-state index in [9.17, 15) is 13.2 Å². The van der Waals surface area contributed by atoms with Crippen LogP contribution in [0.3, 0.4) is 0 Å². The molecule has 3 aromatic carbocycles. The average molecular weight is 431 g/mol. The van der Waals surface area contributed by atoms with Gasteiger partial charge >= 0.3 is 0 Å². The molecule has 0 aliphatic heterocycles. The van der Waals surface area contributed by atoms with Gasteiger partial charge in [-0.15, -0.1) is 0 Å². The summed E-state index contributed by atoms with van der Waals surface area (Å²) in [5.74, 6) is 2.15. The van der Waals surface area contributed by atoms with Crippen molar-refractivity contribution < 1.29 is 17.9 Å². The van der Waals surface area contributed by atoms with Crippen LogP contribution < -0.4 is 0 Å². The average Bonchev–Trinajstić information content (AvgIpc) is 2.82. The fourth-order valence-electron chi connectivity index (χ4n) is 3.42. The Hall–Kier alpha value is -3.62. The Kier molecular flexibility index (Phi) is 6.53.